The Morgan fingerprint density at radius 3 is 1.63 bits per heavy atom. The first-order valence-electron chi connectivity index (χ1n) is 12.0. The molecule has 0 aromatic heterocycles. The molecule has 4 nitrogen and oxygen atoms in total. The fourth-order valence-corrected chi connectivity index (χ4v) is 3.87. The largest absolute Gasteiger partial charge is 0.503 e. The molecular weight excluding hydrogens is 374 g/mol. The van der Waals surface area contributed by atoms with E-state index >= 15 is 0 Å². The molecule has 0 aliphatic heterocycles. The average Bonchev–Trinajstić information content (AvgIpc) is 2.67. The van der Waals surface area contributed by atoms with Crippen molar-refractivity contribution in [3.8, 4) is 0 Å². The van der Waals surface area contributed by atoms with Crippen molar-refractivity contribution in [2.75, 3.05) is 0 Å². The highest BCUT2D eigenvalue weighted by Crippen LogP contribution is 2.25. The summed E-state index contributed by atoms with van der Waals surface area (Å²) in [7, 11) is 0. The lowest BCUT2D eigenvalue weighted by molar-refractivity contribution is 0.137. The molecule has 0 heterocycles. The van der Waals surface area contributed by atoms with Gasteiger partial charge in [-0.3, -0.25) is 0 Å². The fraction of sp³-hybridized carbons (Fsp3) is 0.731. The molecule has 0 spiro atoms. The van der Waals surface area contributed by atoms with Crippen LogP contribution in [0.2, 0.25) is 0 Å². The third-order valence-corrected chi connectivity index (χ3v) is 5.78. The summed E-state index contributed by atoms with van der Waals surface area (Å²) < 4.78 is 0. The third-order valence-electron chi connectivity index (χ3n) is 5.78. The van der Waals surface area contributed by atoms with Gasteiger partial charge in [-0.25, -0.2) is 4.79 Å². The number of hydrogen-bond acceptors (Lipinski definition) is 2. The first-order chi connectivity index (χ1) is 14.3. The number of carbonyl (C=O) groups is 1. The molecule has 0 amide bonds. The Bertz CT molecular complexity index is 507. The summed E-state index contributed by atoms with van der Waals surface area (Å²) in [6.07, 6.45) is 17.5. The van der Waals surface area contributed by atoms with Gasteiger partial charge in [-0.2, -0.15) is 0 Å². The molecule has 1 aromatic rings. The van der Waals surface area contributed by atoms with Crippen LogP contribution < -0.4 is 5.73 Å². The van der Waals surface area contributed by atoms with Crippen LogP contribution in [0.15, 0.2) is 30.3 Å². The van der Waals surface area contributed by atoms with Crippen LogP contribution in [0.1, 0.15) is 110 Å². The molecule has 4 N–H and O–H groups in total. The number of benzene rings is 1. The molecule has 1 rings (SSSR count). The van der Waals surface area contributed by atoms with Crippen LogP contribution in [0.3, 0.4) is 0 Å². The van der Waals surface area contributed by atoms with Crippen LogP contribution in [-0.2, 0) is 6.42 Å². The van der Waals surface area contributed by atoms with E-state index in [9.17, 15) is 0 Å². The van der Waals surface area contributed by atoms with Crippen molar-refractivity contribution >= 4 is 6.16 Å². The topological polar surface area (TPSA) is 83.6 Å². The molecule has 0 aliphatic rings. The number of nitrogens with two attached hydrogens (primary N) is 1. The summed E-state index contributed by atoms with van der Waals surface area (Å²) >= 11 is 0. The SMILES string of the molecule is CCCCCCCCCCCCCCC(Cc1ccccc1)C(C)(C)N.O=C(O)O. The molecule has 30 heavy (non-hydrogen) atoms. The second-order valence-electron chi connectivity index (χ2n) is 9.17. The van der Waals surface area contributed by atoms with Gasteiger partial charge >= 0.3 is 6.16 Å². The van der Waals surface area contributed by atoms with Crippen LogP contribution in [-0.4, -0.2) is 21.9 Å². The van der Waals surface area contributed by atoms with Gasteiger partial charge < -0.3 is 15.9 Å². The summed E-state index contributed by atoms with van der Waals surface area (Å²) in [5.74, 6) is 0.577. The summed E-state index contributed by atoms with van der Waals surface area (Å²) in [6, 6.07) is 10.8. The number of hydrogen-bond donors (Lipinski definition) is 3. The minimum absolute atomic E-state index is 0.0897. The van der Waals surface area contributed by atoms with Crippen LogP contribution in [0, 0.1) is 5.92 Å². The second kappa shape index (κ2) is 18.2. The van der Waals surface area contributed by atoms with E-state index in [4.69, 9.17) is 20.7 Å². The Labute approximate surface area is 185 Å². The second-order valence-corrected chi connectivity index (χ2v) is 9.17. The number of unbranched alkanes of at least 4 members (excludes halogenated alkanes) is 11. The first-order valence-corrected chi connectivity index (χ1v) is 12.0. The minimum Gasteiger partial charge on any atom is -0.450 e. The zero-order chi connectivity index (χ0) is 22.7. The van der Waals surface area contributed by atoms with Crippen molar-refractivity contribution in [2.24, 2.45) is 11.7 Å². The summed E-state index contributed by atoms with van der Waals surface area (Å²) in [5.41, 5.74) is 7.80. The lowest BCUT2D eigenvalue weighted by atomic mass is 9.80. The predicted octanol–water partition coefficient (Wildman–Crippen LogP) is 7.90. The Morgan fingerprint density at radius 2 is 1.23 bits per heavy atom. The molecule has 0 fully saturated rings. The molecule has 1 aromatic carbocycles. The Kier molecular flexibility index (Phi) is 17.3. The minimum atomic E-state index is -1.83. The standard InChI is InChI=1S/C25H45N.CH2O3/c1-4-5-6-7-8-9-10-11-12-13-14-18-21-24(25(2,3)26)22-23-19-16-15-17-20-23;2-1(3)4/h15-17,19-20,24H,4-14,18,21-22,26H2,1-3H3;(H2,2,3,4). The molecule has 0 saturated heterocycles. The van der Waals surface area contributed by atoms with Crippen LogP contribution in [0.4, 0.5) is 4.79 Å². The van der Waals surface area contributed by atoms with Crippen LogP contribution in [0.5, 0.6) is 0 Å². The Balaban J connectivity index is 0.00000192. The molecule has 174 valence electrons. The lowest BCUT2D eigenvalue weighted by Gasteiger charge is -2.31. The van der Waals surface area contributed by atoms with Gasteiger partial charge in [-0.05, 0) is 38.2 Å². The van der Waals surface area contributed by atoms with E-state index in [1.54, 1.807) is 0 Å². The van der Waals surface area contributed by atoms with Crippen molar-refractivity contribution in [3.63, 3.8) is 0 Å². The summed E-state index contributed by atoms with van der Waals surface area (Å²) in [4.78, 5) is 8.56. The highest BCUT2D eigenvalue weighted by Gasteiger charge is 2.24. The van der Waals surface area contributed by atoms with Crippen molar-refractivity contribution in [3.05, 3.63) is 35.9 Å². The Hall–Kier alpha value is -1.55. The highest BCUT2D eigenvalue weighted by molar-refractivity contribution is 5.53. The van der Waals surface area contributed by atoms with Crippen molar-refractivity contribution in [1.82, 2.24) is 0 Å². The van der Waals surface area contributed by atoms with Gasteiger partial charge in [0.1, 0.15) is 0 Å². The fourth-order valence-electron chi connectivity index (χ4n) is 3.87. The van der Waals surface area contributed by atoms with Crippen LogP contribution in [0.25, 0.3) is 0 Å². The lowest BCUT2D eigenvalue weighted by Crippen LogP contribution is -2.42. The van der Waals surface area contributed by atoms with E-state index in [2.05, 4.69) is 51.1 Å². The zero-order valence-electron chi connectivity index (χ0n) is 19.7. The molecule has 0 radical (unpaired) electrons. The number of carboxylic acid groups (broad SMARTS) is 2. The van der Waals surface area contributed by atoms with E-state index in [1.165, 1.54) is 89.0 Å². The van der Waals surface area contributed by atoms with Gasteiger partial charge in [0.2, 0.25) is 0 Å². The van der Waals surface area contributed by atoms with Gasteiger partial charge in [-0.1, -0.05) is 114 Å². The molecule has 0 aliphatic carbocycles. The Morgan fingerprint density at radius 1 is 0.833 bits per heavy atom. The van der Waals surface area contributed by atoms with E-state index < -0.39 is 6.16 Å². The number of rotatable bonds is 16. The molecular formula is C26H47NO3. The maximum absolute atomic E-state index is 8.56. The molecule has 1 atom stereocenters. The average molecular weight is 422 g/mol. The maximum atomic E-state index is 8.56. The zero-order valence-corrected chi connectivity index (χ0v) is 19.7. The molecule has 4 heteroatoms. The first kappa shape index (κ1) is 28.5. The van der Waals surface area contributed by atoms with Gasteiger partial charge in [-0.15, -0.1) is 0 Å². The van der Waals surface area contributed by atoms with Gasteiger partial charge in [0.05, 0.1) is 0 Å². The smallest absolute Gasteiger partial charge is 0.450 e. The monoisotopic (exact) mass is 421 g/mol. The highest BCUT2D eigenvalue weighted by atomic mass is 16.6. The van der Waals surface area contributed by atoms with Crippen molar-refractivity contribution in [1.29, 1.82) is 0 Å². The third kappa shape index (κ3) is 18.5. The van der Waals surface area contributed by atoms with E-state index in [-0.39, 0.29) is 5.54 Å². The van der Waals surface area contributed by atoms with Gasteiger partial charge in [0.15, 0.2) is 0 Å². The van der Waals surface area contributed by atoms with Crippen LogP contribution >= 0.6 is 0 Å². The van der Waals surface area contributed by atoms with Gasteiger partial charge in [0.25, 0.3) is 0 Å². The van der Waals surface area contributed by atoms with E-state index in [1.807, 2.05) is 0 Å². The van der Waals surface area contributed by atoms with E-state index in [0.717, 1.165) is 6.42 Å². The van der Waals surface area contributed by atoms with Gasteiger partial charge in [0, 0.05) is 5.54 Å². The van der Waals surface area contributed by atoms with Crippen molar-refractivity contribution < 1.29 is 15.0 Å². The summed E-state index contributed by atoms with van der Waals surface area (Å²) in [6.45, 7) is 6.68. The molecule has 0 saturated carbocycles. The predicted molar refractivity (Wildman–Crippen MR) is 128 cm³/mol. The van der Waals surface area contributed by atoms with Crippen molar-refractivity contribution in [2.45, 2.75) is 116 Å². The molecule has 1 unspecified atom stereocenters. The molecule has 0 bridgehead atoms. The van der Waals surface area contributed by atoms with E-state index in [0.29, 0.717) is 5.92 Å². The summed E-state index contributed by atoms with van der Waals surface area (Å²) in [5, 5.41) is 13.9. The maximum Gasteiger partial charge on any atom is 0.503 e. The quantitative estimate of drug-likeness (QED) is 0.237. The normalized spacial score (nSPS) is 12.1.